The number of benzene rings is 1. The summed E-state index contributed by atoms with van der Waals surface area (Å²) >= 11 is 0. The number of rotatable bonds is 5. The van der Waals surface area contributed by atoms with Gasteiger partial charge in [-0.1, -0.05) is 49.3 Å². The molecule has 7 unspecified atom stereocenters. The molecule has 4 fully saturated rings. The third-order valence-electron chi connectivity index (χ3n) is 10.1. The van der Waals surface area contributed by atoms with Gasteiger partial charge in [-0.15, -0.1) is 0 Å². The lowest BCUT2D eigenvalue weighted by Gasteiger charge is -2.60. The second-order valence-electron chi connectivity index (χ2n) is 13.1. The lowest BCUT2D eigenvalue weighted by Crippen LogP contribution is -2.54. The lowest BCUT2D eigenvalue weighted by molar-refractivity contribution is -0.111. The molecule has 5 rings (SSSR count). The Morgan fingerprint density at radius 2 is 1.73 bits per heavy atom. The Morgan fingerprint density at radius 1 is 0.939 bits per heavy atom. The van der Waals surface area contributed by atoms with Gasteiger partial charge in [0.1, 0.15) is 6.61 Å². The summed E-state index contributed by atoms with van der Waals surface area (Å²) in [5.41, 5.74) is 3.32. The third-order valence-corrected chi connectivity index (χ3v) is 11.2. The van der Waals surface area contributed by atoms with Gasteiger partial charge in [-0.05, 0) is 112 Å². The van der Waals surface area contributed by atoms with Crippen LogP contribution in [-0.4, -0.2) is 20.1 Å². The minimum absolute atomic E-state index is 0.249. The Balaban J connectivity index is 1.26. The van der Waals surface area contributed by atoms with E-state index in [1.165, 1.54) is 62.6 Å². The highest BCUT2D eigenvalue weighted by Gasteiger charge is 2.59. The maximum atomic E-state index is 6.59. The van der Waals surface area contributed by atoms with Crippen LogP contribution in [0, 0.1) is 34.5 Å². The molecule has 182 valence electrons. The molecule has 1 aromatic carbocycles. The summed E-state index contributed by atoms with van der Waals surface area (Å²) in [5.74, 6) is 3.43. The van der Waals surface area contributed by atoms with Crippen LogP contribution in [0.15, 0.2) is 35.5 Å². The predicted molar refractivity (Wildman–Crippen MR) is 139 cm³/mol. The van der Waals surface area contributed by atoms with Crippen molar-refractivity contribution in [2.24, 2.45) is 39.7 Å². The van der Waals surface area contributed by atoms with Crippen molar-refractivity contribution in [3.8, 4) is 0 Å². The molecule has 0 saturated heterocycles. The molecule has 4 aliphatic carbocycles. The highest BCUT2D eigenvalue weighted by atomic mass is 28.4. The molecule has 4 aliphatic rings. The van der Waals surface area contributed by atoms with Gasteiger partial charge in [0, 0.05) is 11.5 Å². The predicted octanol–water partition coefficient (Wildman–Crippen LogP) is 7.82. The molecular weight excluding hydrogens is 422 g/mol. The van der Waals surface area contributed by atoms with Gasteiger partial charge in [0.05, 0.1) is 5.71 Å². The zero-order valence-corrected chi connectivity index (χ0v) is 22.6. The van der Waals surface area contributed by atoms with Crippen molar-refractivity contribution >= 4 is 14.0 Å². The third kappa shape index (κ3) is 4.47. The second kappa shape index (κ2) is 8.82. The van der Waals surface area contributed by atoms with Crippen LogP contribution in [0.3, 0.4) is 0 Å². The van der Waals surface area contributed by atoms with Crippen LogP contribution < -0.4 is 0 Å². The molecule has 0 spiro atoms. The van der Waals surface area contributed by atoms with E-state index >= 15 is 0 Å². The summed E-state index contributed by atoms with van der Waals surface area (Å²) in [6.45, 7) is 12.8. The SMILES string of the molecule is CC12CCC3C(CCC4CC(O[Si](C)(C)C)CCC43C)C1CC/C2=N\OCc1ccccc1. The van der Waals surface area contributed by atoms with Crippen molar-refractivity contribution in [1.82, 2.24) is 0 Å². The lowest BCUT2D eigenvalue weighted by atomic mass is 9.45. The Labute approximate surface area is 202 Å². The van der Waals surface area contributed by atoms with Gasteiger partial charge >= 0.3 is 0 Å². The molecule has 7 atom stereocenters. The Kier molecular flexibility index (Phi) is 6.31. The number of fused-ring (bicyclic) bond motifs is 5. The van der Waals surface area contributed by atoms with E-state index in [4.69, 9.17) is 14.4 Å². The number of oxime groups is 1. The van der Waals surface area contributed by atoms with Crippen molar-refractivity contribution in [1.29, 1.82) is 0 Å². The Morgan fingerprint density at radius 3 is 2.48 bits per heavy atom. The summed E-state index contributed by atoms with van der Waals surface area (Å²) in [6.07, 6.45) is 12.4. The smallest absolute Gasteiger partial charge is 0.184 e. The highest BCUT2D eigenvalue weighted by molar-refractivity contribution is 6.69. The van der Waals surface area contributed by atoms with Gasteiger partial charge in [0.25, 0.3) is 0 Å². The normalized spacial score (nSPS) is 41.8. The number of hydrogen-bond acceptors (Lipinski definition) is 3. The number of nitrogens with zero attached hydrogens (tertiary/aromatic N) is 1. The quantitative estimate of drug-likeness (QED) is 0.326. The second-order valence-corrected chi connectivity index (χ2v) is 17.5. The first-order valence-corrected chi connectivity index (χ1v) is 17.0. The van der Waals surface area contributed by atoms with Crippen molar-refractivity contribution in [2.75, 3.05) is 0 Å². The van der Waals surface area contributed by atoms with E-state index in [0.29, 0.717) is 18.1 Å². The van der Waals surface area contributed by atoms with E-state index in [1.807, 2.05) is 0 Å². The standard InChI is InChI=1S/C29H45NO2Si/c1-28-17-15-23(32-33(3,4)5)19-22(28)11-12-24-25-13-14-27(29(25,2)18-16-26(24)28)30-31-20-21-9-7-6-8-10-21/h6-10,22-26H,11-20H2,1-5H3/b30-27+. The molecular formula is C29H45NO2Si. The molecule has 33 heavy (non-hydrogen) atoms. The van der Waals surface area contributed by atoms with Crippen molar-refractivity contribution < 1.29 is 9.26 Å². The van der Waals surface area contributed by atoms with Crippen LogP contribution in [0.1, 0.15) is 77.2 Å². The van der Waals surface area contributed by atoms with Crippen molar-refractivity contribution in [3.63, 3.8) is 0 Å². The molecule has 0 aliphatic heterocycles. The molecule has 1 aromatic rings. The average molecular weight is 468 g/mol. The molecule has 0 N–H and O–H groups in total. The van der Waals surface area contributed by atoms with Gasteiger partial charge in [0.2, 0.25) is 0 Å². The molecule has 0 heterocycles. The largest absolute Gasteiger partial charge is 0.415 e. The van der Waals surface area contributed by atoms with Crippen LogP contribution in [0.25, 0.3) is 0 Å². The van der Waals surface area contributed by atoms with Gasteiger partial charge in [-0.2, -0.15) is 0 Å². The fraction of sp³-hybridized carbons (Fsp3) is 0.759. The van der Waals surface area contributed by atoms with E-state index in [2.05, 4.69) is 63.8 Å². The zero-order chi connectivity index (χ0) is 23.3. The minimum Gasteiger partial charge on any atom is -0.415 e. The monoisotopic (exact) mass is 467 g/mol. The first-order valence-electron chi connectivity index (χ1n) is 13.6. The first-order chi connectivity index (χ1) is 15.7. The molecule has 4 saturated carbocycles. The van der Waals surface area contributed by atoms with Crippen molar-refractivity contribution in [3.05, 3.63) is 35.9 Å². The van der Waals surface area contributed by atoms with Gasteiger partial charge in [-0.25, -0.2) is 0 Å². The fourth-order valence-corrected chi connectivity index (χ4v) is 9.74. The summed E-state index contributed by atoms with van der Waals surface area (Å²) in [6, 6.07) is 10.4. The number of hydrogen-bond donors (Lipinski definition) is 0. The van der Waals surface area contributed by atoms with E-state index in [0.717, 1.165) is 30.1 Å². The molecule has 0 aromatic heterocycles. The van der Waals surface area contributed by atoms with Gasteiger partial charge in [0.15, 0.2) is 8.32 Å². The topological polar surface area (TPSA) is 30.8 Å². The van der Waals surface area contributed by atoms with E-state index in [1.54, 1.807) is 0 Å². The fourth-order valence-electron chi connectivity index (χ4n) is 8.52. The molecule has 0 amide bonds. The van der Waals surface area contributed by atoms with Crippen LogP contribution in [0.5, 0.6) is 0 Å². The molecule has 3 nitrogen and oxygen atoms in total. The van der Waals surface area contributed by atoms with Gasteiger partial charge in [-0.3, -0.25) is 0 Å². The maximum absolute atomic E-state index is 6.59. The summed E-state index contributed by atoms with van der Waals surface area (Å²) in [4.78, 5) is 5.89. The maximum Gasteiger partial charge on any atom is 0.184 e. The van der Waals surface area contributed by atoms with Crippen LogP contribution in [-0.2, 0) is 15.9 Å². The van der Waals surface area contributed by atoms with Crippen molar-refractivity contribution in [2.45, 2.75) is 104 Å². The first kappa shape index (κ1) is 23.6. The Bertz CT molecular complexity index is 864. The molecule has 0 radical (unpaired) electrons. The molecule has 4 heteroatoms. The Hall–Kier alpha value is -1.13. The van der Waals surface area contributed by atoms with Crippen LogP contribution in [0.2, 0.25) is 19.6 Å². The van der Waals surface area contributed by atoms with Crippen LogP contribution in [0.4, 0.5) is 0 Å². The van der Waals surface area contributed by atoms with E-state index in [9.17, 15) is 0 Å². The summed E-state index contributed by atoms with van der Waals surface area (Å²) in [7, 11) is -1.45. The van der Waals surface area contributed by atoms with E-state index < -0.39 is 8.32 Å². The zero-order valence-electron chi connectivity index (χ0n) is 21.6. The summed E-state index contributed by atoms with van der Waals surface area (Å²) in [5, 5.41) is 4.76. The minimum atomic E-state index is -1.45. The van der Waals surface area contributed by atoms with E-state index in [-0.39, 0.29) is 5.41 Å². The highest BCUT2D eigenvalue weighted by Crippen LogP contribution is 2.65. The average Bonchev–Trinajstić information content (AvgIpc) is 3.10. The summed E-state index contributed by atoms with van der Waals surface area (Å²) < 4.78 is 6.59. The van der Waals surface area contributed by atoms with Gasteiger partial charge < -0.3 is 9.26 Å². The van der Waals surface area contributed by atoms with Crippen LogP contribution >= 0.6 is 0 Å². The molecule has 0 bridgehead atoms.